The van der Waals surface area contributed by atoms with Crippen LogP contribution in [0.4, 0.5) is 0 Å². The number of aliphatic carboxylic acids is 1. The topological polar surface area (TPSA) is 113 Å². The fourth-order valence-corrected chi connectivity index (χ4v) is 6.86. The first-order valence-electron chi connectivity index (χ1n) is 13.8. The van der Waals surface area contributed by atoms with Crippen LogP contribution >= 0.6 is 0 Å². The molecule has 36 heavy (non-hydrogen) atoms. The van der Waals surface area contributed by atoms with Crippen molar-refractivity contribution < 1.29 is 34.4 Å². The fraction of sp³-hybridized carbons (Fsp3) is 0.724. The van der Waals surface area contributed by atoms with Gasteiger partial charge in [0.15, 0.2) is 6.61 Å². The summed E-state index contributed by atoms with van der Waals surface area (Å²) in [5.74, 6) is 0.767. The van der Waals surface area contributed by atoms with Crippen molar-refractivity contribution in [2.24, 2.45) is 23.7 Å². The van der Waals surface area contributed by atoms with Crippen molar-refractivity contribution in [3.05, 3.63) is 29.3 Å². The zero-order valence-corrected chi connectivity index (χ0v) is 21.4. The number of ether oxygens (including phenoxy) is 2. The third kappa shape index (κ3) is 6.80. The molecule has 2 saturated carbocycles. The number of carboxylic acid groups (broad SMARTS) is 1. The Labute approximate surface area is 214 Å². The van der Waals surface area contributed by atoms with Crippen LogP contribution in [0.15, 0.2) is 18.2 Å². The fourth-order valence-electron chi connectivity index (χ4n) is 6.86. The number of hydrogen-bond donors (Lipinski definition) is 3. The molecule has 0 bridgehead atoms. The second-order valence-electron chi connectivity index (χ2n) is 11.2. The minimum atomic E-state index is -0.769. The first kappa shape index (κ1) is 26.9. The van der Waals surface area contributed by atoms with E-state index in [1.54, 1.807) is 0 Å². The van der Waals surface area contributed by atoms with E-state index in [1.165, 1.54) is 5.56 Å². The number of rotatable bonds is 11. The molecule has 3 aliphatic rings. The highest BCUT2D eigenvalue weighted by molar-refractivity contribution is 5.71. The number of aliphatic hydroxyl groups is 2. The Morgan fingerprint density at radius 1 is 1.11 bits per heavy atom. The van der Waals surface area contributed by atoms with Crippen LogP contribution in [0.3, 0.4) is 0 Å². The average molecular weight is 503 g/mol. The minimum Gasteiger partial charge on any atom is -0.482 e. The summed E-state index contributed by atoms with van der Waals surface area (Å²) in [4.78, 5) is 23.4. The standard InChI is InChI=1S/C29H42O7/c1-2-4-21(30)9-12-23-24-14-19-5-3-6-27(25(19)15-20(24)16-26(23)31)35-17-29(34)36-22-10-7-18(8-11-22)13-28(32)33/h3,5-6,18,20-24,26,30-31H,2,4,7-17H2,1H3,(H,32,33)/t18?,20-,21-,22?,23+,24-,26+/m0/s1. The van der Waals surface area contributed by atoms with Gasteiger partial charge in [0.1, 0.15) is 11.9 Å². The lowest BCUT2D eigenvalue weighted by atomic mass is 9.73. The van der Waals surface area contributed by atoms with Crippen LogP contribution in [0.1, 0.15) is 82.3 Å². The molecule has 3 N–H and O–H groups in total. The molecule has 2 fully saturated rings. The number of carbonyl (C=O) groups excluding carboxylic acids is 1. The quantitative estimate of drug-likeness (QED) is 0.387. The molecular formula is C29H42O7. The second-order valence-corrected chi connectivity index (χ2v) is 11.2. The normalized spacial score (nSPS) is 30.2. The van der Waals surface area contributed by atoms with Gasteiger partial charge in [0.25, 0.3) is 0 Å². The van der Waals surface area contributed by atoms with Crippen molar-refractivity contribution in [2.45, 2.75) is 102 Å². The van der Waals surface area contributed by atoms with Gasteiger partial charge < -0.3 is 24.8 Å². The van der Waals surface area contributed by atoms with Gasteiger partial charge in [0, 0.05) is 6.42 Å². The smallest absolute Gasteiger partial charge is 0.344 e. The van der Waals surface area contributed by atoms with Crippen molar-refractivity contribution in [1.29, 1.82) is 0 Å². The zero-order valence-electron chi connectivity index (χ0n) is 21.4. The van der Waals surface area contributed by atoms with Crippen molar-refractivity contribution in [2.75, 3.05) is 6.61 Å². The molecule has 0 aromatic heterocycles. The van der Waals surface area contributed by atoms with Crippen LogP contribution in [0.2, 0.25) is 0 Å². The summed E-state index contributed by atoms with van der Waals surface area (Å²) < 4.78 is 11.5. The van der Waals surface area contributed by atoms with Gasteiger partial charge in [-0.05, 0) is 105 Å². The molecule has 4 rings (SSSR count). The van der Waals surface area contributed by atoms with Gasteiger partial charge in [-0.25, -0.2) is 4.79 Å². The average Bonchev–Trinajstić information content (AvgIpc) is 3.14. The molecule has 0 saturated heterocycles. The van der Waals surface area contributed by atoms with Crippen molar-refractivity contribution in [1.82, 2.24) is 0 Å². The molecule has 1 aromatic carbocycles. The van der Waals surface area contributed by atoms with Crippen LogP contribution in [0, 0.1) is 23.7 Å². The van der Waals surface area contributed by atoms with Crippen LogP contribution in [-0.2, 0) is 27.2 Å². The van der Waals surface area contributed by atoms with Gasteiger partial charge in [0.05, 0.1) is 12.2 Å². The SMILES string of the molecule is CCC[C@H](O)CC[C@@H]1[C@H]2Cc3cccc(OCC(=O)OC4CCC(CC(=O)O)CC4)c3C[C@H]2C[C@H]1O. The number of fused-ring (bicyclic) bond motifs is 2. The monoisotopic (exact) mass is 502 g/mol. The van der Waals surface area contributed by atoms with E-state index < -0.39 is 5.97 Å². The number of carbonyl (C=O) groups is 2. The third-order valence-electron chi connectivity index (χ3n) is 8.70. The van der Waals surface area contributed by atoms with E-state index in [9.17, 15) is 19.8 Å². The second kappa shape index (κ2) is 12.4. The Bertz CT molecular complexity index is 892. The number of carboxylic acids is 1. The Balaban J connectivity index is 1.29. The van der Waals surface area contributed by atoms with Gasteiger partial charge >= 0.3 is 11.9 Å². The van der Waals surface area contributed by atoms with Crippen LogP contribution in [0.25, 0.3) is 0 Å². The lowest BCUT2D eigenvalue weighted by Gasteiger charge is -2.32. The molecule has 7 nitrogen and oxygen atoms in total. The van der Waals surface area contributed by atoms with E-state index in [2.05, 4.69) is 13.0 Å². The Morgan fingerprint density at radius 2 is 1.89 bits per heavy atom. The molecule has 1 aromatic rings. The van der Waals surface area contributed by atoms with Crippen molar-refractivity contribution >= 4 is 11.9 Å². The Hall–Kier alpha value is -2.12. The van der Waals surface area contributed by atoms with E-state index in [1.807, 2.05) is 12.1 Å². The maximum absolute atomic E-state index is 12.5. The lowest BCUT2D eigenvalue weighted by molar-refractivity contribution is -0.154. The third-order valence-corrected chi connectivity index (χ3v) is 8.70. The summed E-state index contributed by atoms with van der Waals surface area (Å²) >= 11 is 0. The molecule has 3 aliphatic carbocycles. The molecule has 0 amide bonds. The molecular weight excluding hydrogens is 460 g/mol. The summed E-state index contributed by atoms with van der Waals surface area (Å²) in [5, 5.41) is 29.9. The highest BCUT2D eigenvalue weighted by Gasteiger charge is 2.44. The van der Waals surface area contributed by atoms with E-state index in [0.717, 1.165) is 69.1 Å². The molecule has 7 heteroatoms. The molecule has 0 unspecified atom stereocenters. The van der Waals surface area contributed by atoms with Gasteiger partial charge in [-0.2, -0.15) is 0 Å². The number of aliphatic hydroxyl groups excluding tert-OH is 2. The Kier molecular flexibility index (Phi) is 9.29. The van der Waals surface area contributed by atoms with Crippen LogP contribution < -0.4 is 4.74 Å². The summed E-state index contributed by atoms with van der Waals surface area (Å²) in [6.07, 6.45) is 8.26. The van der Waals surface area contributed by atoms with Gasteiger partial charge in [-0.15, -0.1) is 0 Å². The summed E-state index contributed by atoms with van der Waals surface area (Å²) in [6, 6.07) is 6.00. The summed E-state index contributed by atoms with van der Waals surface area (Å²) in [7, 11) is 0. The molecule has 0 heterocycles. The predicted octanol–water partition coefficient (Wildman–Crippen LogP) is 4.30. The summed E-state index contributed by atoms with van der Waals surface area (Å²) in [5.41, 5.74) is 2.37. The molecule has 0 aliphatic heterocycles. The van der Waals surface area contributed by atoms with E-state index in [0.29, 0.717) is 24.7 Å². The number of hydrogen-bond acceptors (Lipinski definition) is 6. The molecule has 0 spiro atoms. The molecule has 5 atom stereocenters. The first-order chi connectivity index (χ1) is 17.3. The van der Waals surface area contributed by atoms with Gasteiger partial charge in [-0.3, -0.25) is 4.79 Å². The van der Waals surface area contributed by atoms with Crippen molar-refractivity contribution in [3.8, 4) is 5.75 Å². The highest BCUT2D eigenvalue weighted by Crippen LogP contribution is 2.48. The van der Waals surface area contributed by atoms with E-state index >= 15 is 0 Å². The minimum absolute atomic E-state index is 0.139. The van der Waals surface area contributed by atoms with Crippen molar-refractivity contribution in [3.63, 3.8) is 0 Å². The van der Waals surface area contributed by atoms with Crippen LogP contribution in [-0.4, -0.2) is 52.2 Å². The summed E-state index contributed by atoms with van der Waals surface area (Å²) in [6.45, 7) is 1.94. The van der Waals surface area contributed by atoms with E-state index in [-0.39, 0.29) is 49.1 Å². The maximum Gasteiger partial charge on any atom is 0.344 e. The number of esters is 1. The maximum atomic E-state index is 12.5. The van der Waals surface area contributed by atoms with Gasteiger partial charge in [-0.1, -0.05) is 25.5 Å². The first-order valence-corrected chi connectivity index (χ1v) is 13.8. The highest BCUT2D eigenvalue weighted by atomic mass is 16.6. The molecule has 0 radical (unpaired) electrons. The number of benzene rings is 1. The van der Waals surface area contributed by atoms with Gasteiger partial charge in [0.2, 0.25) is 0 Å². The Morgan fingerprint density at radius 3 is 2.61 bits per heavy atom. The largest absolute Gasteiger partial charge is 0.482 e. The molecule has 200 valence electrons. The zero-order chi connectivity index (χ0) is 25.7. The predicted molar refractivity (Wildman–Crippen MR) is 135 cm³/mol. The van der Waals surface area contributed by atoms with E-state index in [4.69, 9.17) is 14.6 Å². The lowest BCUT2D eigenvalue weighted by Crippen LogP contribution is -2.29. The van der Waals surface area contributed by atoms with Crippen LogP contribution in [0.5, 0.6) is 5.75 Å².